The lowest BCUT2D eigenvalue weighted by Crippen LogP contribution is -2.20. The Kier molecular flexibility index (Phi) is 4.46. The first-order valence-electron chi connectivity index (χ1n) is 7.19. The molecule has 0 aromatic heterocycles. The number of carbonyl (C=O) groups is 1. The van der Waals surface area contributed by atoms with Crippen molar-refractivity contribution in [3.05, 3.63) is 68.7 Å². The Balaban J connectivity index is 1.83. The number of rotatable bonds is 3. The maximum atomic E-state index is 12.7. The number of aryl methyl sites for hydroxylation is 1. The van der Waals surface area contributed by atoms with Crippen molar-refractivity contribution >= 4 is 33.3 Å². The number of hydrogen-bond donors (Lipinski definition) is 0. The second-order valence-electron chi connectivity index (χ2n) is 5.52. The average Bonchev–Trinajstić information content (AvgIpc) is 2.49. The van der Waals surface area contributed by atoms with Gasteiger partial charge >= 0.3 is 0 Å². The van der Waals surface area contributed by atoms with Crippen molar-refractivity contribution in [3.8, 4) is 0 Å². The summed E-state index contributed by atoms with van der Waals surface area (Å²) in [5.74, 6) is 0.293. The lowest BCUT2D eigenvalue weighted by Gasteiger charge is -2.24. The fraction of sp³-hybridized carbons (Fsp3) is 0.278. The molecule has 1 aliphatic rings. The van der Waals surface area contributed by atoms with Crippen LogP contribution < -0.4 is 0 Å². The minimum absolute atomic E-state index is 0.0228. The maximum Gasteiger partial charge on any atom is 0.144 e. The van der Waals surface area contributed by atoms with Crippen LogP contribution in [-0.4, -0.2) is 5.78 Å². The van der Waals surface area contributed by atoms with E-state index in [9.17, 15) is 4.79 Å². The molecule has 0 heterocycles. The monoisotopic (exact) mass is 362 g/mol. The van der Waals surface area contributed by atoms with Gasteiger partial charge in [-0.3, -0.25) is 4.79 Å². The molecule has 1 aliphatic carbocycles. The van der Waals surface area contributed by atoms with Crippen molar-refractivity contribution < 1.29 is 4.79 Å². The number of Topliss-reactive ketones (excluding diaryl/α,β-unsaturated/α-hetero) is 1. The predicted octanol–water partition coefficient (Wildman–Crippen LogP) is 5.33. The van der Waals surface area contributed by atoms with Gasteiger partial charge in [-0.15, -0.1) is 0 Å². The van der Waals surface area contributed by atoms with Gasteiger partial charge in [0, 0.05) is 21.8 Å². The molecule has 2 aromatic rings. The van der Waals surface area contributed by atoms with Gasteiger partial charge in [0.05, 0.1) is 0 Å². The van der Waals surface area contributed by atoms with Crippen LogP contribution in [0.4, 0.5) is 0 Å². The number of fused-ring (bicyclic) bond motifs is 1. The first-order chi connectivity index (χ1) is 10.1. The summed E-state index contributed by atoms with van der Waals surface area (Å²) >= 11 is 9.62. The molecule has 21 heavy (non-hydrogen) atoms. The molecule has 3 heteroatoms. The van der Waals surface area contributed by atoms with E-state index in [2.05, 4.69) is 34.1 Å². The topological polar surface area (TPSA) is 17.1 Å². The van der Waals surface area contributed by atoms with Gasteiger partial charge < -0.3 is 0 Å². The fourth-order valence-corrected chi connectivity index (χ4v) is 3.80. The average molecular weight is 364 g/mol. The molecule has 2 aromatic carbocycles. The Labute approximate surface area is 138 Å². The van der Waals surface area contributed by atoms with Crippen LogP contribution in [0.3, 0.4) is 0 Å². The molecule has 0 radical (unpaired) electrons. The summed E-state index contributed by atoms with van der Waals surface area (Å²) in [6.45, 7) is 0. The van der Waals surface area contributed by atoms with E-state index in [1.165, 1.54) is 11.1 Å². The van der Waals surface area contributed by atoms with Gasteiger partial charge in [0.15, 0.2) is 0 Å². The predicted molar refractivity (Wildman–Crippen MR) is 90.0 cm³/mol. The first-order valence-corrected chi connectivity index (χ1v) is 8.36. The zero-order chi connectivity index (χ0) is 14.8. The molecule has 1 nitrogen and oxygen atoms in total. The lowest BCUT2D eigenvalue weighted by atomic mass is 9.79. The molecule has 0 N–H and O–H groups in total. The van der Waals surface area contributed by atoms with Gasteiger partial charge in [-0.25, -0.2) is 0 Å². The number of ketones is 1. The van der Waals surface area contributed by atoms with E-state index < -0.39 is 0 Å². The number of hydrogen-bond acceptors (Lipinski definition) is 1. The highest BCUT2D eigenvalue weighted by atomic mass is 79.9. The minimum Gasteiger partial charge on any atom is -0.299 e. The SMILES string of the molecule is O=C(Cc1ccc(Br)cc1Cl)C1CCCc2ccccc21. The van der Waals surface area contributed by atoms with Crippen LogP contribution in [0.2, 0.25) is 5.02 Å². The second kappa shape index (κ2) is 6.33. The van der Waals surface area contributed by atoms with E-state index in [-0.39, 0.29) is 11.7 Å². The van der Waals surface area contributed by atoms with Crippen molar-refractivity contribution in [2.24, 2.45) is 0 Å². The van der Waals surface area contributed by atoms with Gasteiger partial charge in [0.1, 0.15) is 5.78 Å². The fourth-order valence-electron chi connectivity index (χ4n) is 3.06. The third kappa shape index (κ3) is 3.22. The Morgan fingerprint density at radius 1 is 1.24 bits per heavy atom. The zero-order valence-electron chi connectivity index (χ0n) is 11.6. The van der Waals surface area contributed by atoms with Crippen molar-refractivity contribution in [1.82, 2.24) is 0 Å². The Morgan fingerprint density at radius 3 is 2.86 bits per heavy atom. The third-order valence-corrected chi connectivity index (χ3v) is 4.98. The molecule has 0 fully saturated rings. The van der Waals surface area contributed by atoms with E-state index >= 15 is 0 Å². The molecule has 0 spiro atoms. The largest absolute Gasteiger partial charge is 0.299 e. The summed E-state index contributed by atoms with van der Waals surface area (Å²) in [7, 11) is 0. The first kappa shape index (κ1) is 14.8. The third-order valence-electron chi connectivity index (χ3n) is 4.14. The molecular formula is C18H16BrClO. The lowest BCUT2D eigenvalue weighted by molar-refractivity contribution is -0.120. The molecule has 0 bridgehead atoms. The highest BCUT2D eigenvalue weighted by Gasteiger charge is 2.26. The summed E-state index contributed by atoms with van der Waals surface area (Å²) in [5, 5.41) is 0.654. The molecule has 1 unspecified atom stereocenters. The summed E-state index contributed by atoms with van der Waals surface area (Å²) < 4.78 is 0.937. The number of benzene rings is 2. The molecule has 108 valence electrons. The molecule has 0 aliphatic heterocycles. The summed E-state index contributed by atoms with van der Waals surface area (Å²) in [6.07, 6.45) is 3.52. The Morgan fingerprint density at radius 2 is 2.05 bits per heavy atom. The van der Waals surface area contributed by atoms with Crippen molar-refractivity contribution in [2.75, 3.05) is 0 Å². The van der Waals surface area contributed by atoms with Crippen LogP contribution in [0.1, 0.15) is 35.4 Å². The van der Waals surface area contributed by atoms with Gasteiger partial charge in [0.25, 0.3) is 0 Å². The van der Waals surface area contributed by atoms with E-state index in [0.717, 1.165) is 29.3 Å². The van der Waals surface area contributed by atoms with Crippen molar-refractivity contribution in [3.63, 3.8) is 0 Å². The van der Waals surface area contributed by atoms with Crippen molar-refractivity contribution in [2.45, 2.75) is 31.6 Å². The Bertz CT molecular complexity index is 681. The van der Waals surface area contributed by atoms with Gasteiger partial charge in [-0.2, -0.15) is 0 Å². The molecular weight excluding hydrogens is 348 g/mol. The molecule has 1 atom stereocenters. The normalized spacial score (nSPS) is 17.3. The quantitative estimate of drug-likeness (QED) is 0.720. The molecule has 0 saturated heterocycles. The van der Waals surface area contributed by atoms with Gasteiger partial charge in [0.2, 0.25) is 0 Å². The van der Waals surface area contributed by atoms with Crippen LogP contribution in [0.25, 0.3) is 0 Å². The highest BCUT2D eigenvalue weighted by molar-refractivity contribution is 9.10. The van der Waals surface area contributed by atoms with E-state index in [4.69, 9.17) is 11.6 Å². The Hall–Kier alpha value is -1.12. The highest BCUT2D eigenvalue weighted by Crippen LogP contribution is 2.33. The van der Waals surface area contributed by atoms with E-state index in [0.29, 0.717) is 11.4 Å². The van der Waals surface area contributed by atoms with Crippen LogP contribution in [0.15, 0.2) is 46.9 Å². The van der Waals surface area contributed by atoms with Crippen LogP contribution >= 0.6 is 27.5 Å². The minimum atomic E-state index is 0.0228. The molecule has 0 amide bonds. The summed E-state index contributed by atoms with van der Waals surface area (Å²) in [6, 6.07) is 14.0. The number of carbonyl (C=O) groups excluding carboxylic acids is 1. The van der Waals surface area contributed by atoms with E-state index in [1.54, 1.807) is 0 Å². The van der Waals surface area contributed by atoms with Crippen LogP contribution in [0.5, 0.6) is 0 Å². The van der Waals surface area contributed by atoms with Gasteiger partial charge in [-0.1, -0.05) is 57.9 Å². The smallest absolute Gasteiger partial charge is 0.144 e. The van der Waals surface area contributed by atoms with Crippen molar-refractivity contribution in [1.29, 1.82) is 0 Å². The maximum absolute atomic E-state index is 12.7. The zero-order valence-corrected chi connectivity index (χ0v) is 14.0. The van der Waals surface area contributed by atoms with Crippen LogP contribution in [0, 0.1) is 0 Å². The summed E-state index contributed by atoms with van der Waals surface area (Å²) in [5.41, 5.74) is 3.44. The second-order valence-corrected chi connectivity index (χ2v) is 6.85. The molecule has 0 saturated carbocycles. The van der Waals surface area contributed by atoms with E-state index in [1.807, 2.05) is 24.3 Å². The van der Waals surface area contributed by atoms with Gasteiger partial charge in [-0.05, 0) is 48.1 Å². The standard InChI is InChI=1S/C18H16BrClO/c19-14-9-8-13(17(20)11-14)10-18(21)16-7-3-5-12-4-1-2-6-15(12)16/h1-2,4,6,8-9,11,16H,3,5,7,10H2. The van der Waals surface area contributed by atoms with Crippen LogP contribution in [-0.2, 0) is 17.6 Å². The summed E-state index contributed by atoms with van der Waals surface area (Å²) in [4.78, 5) is 12.7. The molecule has 3 rings (SSSR count). The number of halogens is 2.